The van der Waals surface area contributed by atoms with Crippen molar-refractivity contribution in [2.24, 2.45) is 5.41 Å². The van der Waals surface area contributed by atoms with Crippen LogP contribution in [0.4, 0.5) is 0 Å². The number of likely N-dealkylation sites (tertiary alicyclic amines) is 1. The van der Waals surface area contributed by atoms with Gasteiger partial charge in [0.05, 0.1) is 13.2 Å². The van der Waals surface area contributed by atoms with E-state index >= 15 is 0 Å². The van der Waals surface area contributed by atoms with Gasteiger partial charge in [-0.15, -0.1) is 12.4 Å². The fourth-order valence-electron chi connectivity index (χ4n) is 5.85. The van der Waals surface area contributed by atoms with Gasteiger partial charge in [0.2, 0.25) is 18.6 Å². The van der Waals surface area contributed by atoms with Gasteiger partial charge in [-0.2, -0.15) is 0 Å². The minimum Gasteiger partial charge on any atom is -0.497 e. The van der Waals surface area contributed by atoms with E-state index in [1.165, 1.54) is 0 Å². The number of nitrogens with one attached hydrogen (secondary N) is 1. The van der Waals surface area contributed by atoms with Crippen molar-refractivity contribution in [3.05, 3.63) is 53.6 Å². The van der Waals surface area contributed by atoms with E-state index in [2.05, 4.69) is 31.0 Å². The van der Waals surface area contributed by atoms with Gasteiger partial charge in [-0.3, -0.25) is 14.5 Å². The van der Waals surface area contributed by atoms with E-state index < -0.39 is 0 Å². The molecule has 2 aromatic rings. The standard InChI is InChI=1S/C31H42N4O5.ClH/c1-31(2,3)17-29(36)35(19-22-6-5-7-25(14-22)38-4)24-16-26(30(37)33-12-10-32-11-13-33)34(20-24)18-23-8-9-27-28(15-23)40-21-39-27;/h5-9,14-15,24,26,32H,10-13,16-21H2,1-4H3;1H/t24-,26-;/m0./s1. The third-order valence-corrected chi connectivity index (χ3v) is 7.85. The van der Waals surface area contributed by atoms with Crippen molar-refractivity contribution < 1.29 is 23.8 Å². The fraction of sp³-hybridized carbons (Fsp3) is 0.548. The van der Waals surface area contributed by atoms with Crippen LogP contribution in [0.3, 0.4) is 0 Å². The lowest BCUT2D eigenvalue weighted by Crippen LogP contribution is -2.52. The summed E-state index contributed by atoms with van der Waals surface area (Å²) in [5, 5.41) is 3.34. The molecule has 5 rings (SSSR count). The maximum Gasteiger partial charge on any atom is 0.240 e. The number of fused-ring (bicyclic) bond motifs is 1. The lowest BCUT2D eigenvalue weighted by molar-refractivity contribution is -0.138. The zero-order valence-corrected chi connectivity index (χ0v) is 25.4. The van der Waals surface area contributed by atoms with Gasteiger partial charge in [0.1, 0.15) is 5.75 Å². The van der Waals surface area contributed by atoms with Crippen molar-refractivity contribution in [1.82, 2.24) is 20.0 Å². The number of methoxy groups -OCH3 is 1. The van der Waals surface area contributed by atoms with Gasteiger partial charge in [0.15, 0.2) is 11.5 Å². The molecule has 0 bridgehead atoms. The van der Waals surface area contributed by atoms with Gasteiger partial charge in [0, 0.05) is 58.3 Å². The van der Waals surface area contributed by atoms with Gasteiger partial charge in [-0.1, -0.05) is 39.0 Å². The molecular weight excluding hydrogens is 544 g/mol. The molecule has 3 aliphatic rings. The Kier molecular flexibility index (Phi) is 10.0. The van der Waals surface area contributed by atoms with Crippen molar-refractivity contribution in [3.63, 3.8) is 0 Å². The number of piperazine rings is 1. The molecule has 0 aromatic heterocycles. The Hall–Kier alpha value is -3.01. The Morgan fingerprint density at radius 3 is 2.54 bits per heavy atom. The molecule has 2 aromatic carbocycles. The number of benzene rings is 2. The summed E-state index contributed by atoms with van der Waals surface area (Å²) in [4.78, 5) is 33.9. The van der Waals surface area contributed by atoms with E-state index in [0.717, 1.165) is 41.5 Å². The molecule has 1 N–H and O–H groups in total. The summed E-state index contributed by atoms with van der Waals surface area (Å²) in [6, 6.07) is 13.5. The molecule has 10 heteroatoms. The monoisotopic (exact) mass is 586 g/mol. The van der Waals surface area contributed by atoms with Crippen LogP contribution in [-0.2, 0) is 22.7 Å². The minimum atomic E-state index is -0.302. The molecule has 0 unspecified atom stereocenters. The van der Waals surface area contributed by atoms with Gasteiger partial charge in [-0.25, -0.2) is 0 Å². The summed E-state index contributed by atoms with van der Waals surface area (Å²) in [6.07, 6.45) is 1.04. The first kappa shape index (κ1) is 30.9. The number of carbonyl (C=O) groups is 2. The number of amides is 2. The third-order valence-electron chi connectivity index (χ3n) is 7.85. The van der Waals surface area contributed by atoms with Crippen molar-refractivity contribution >= 4 is 24.2 Å². The lowest BCUT2D eigenvalue weighted by atomic mass is 9.91. The van der Waals surface area contributed by atoms with Crippen LogP contribution in [-0.4, -0.2) is 85.2 Å². The molecular formula is C31H43ClN4O5. The number of ether oxygens (including phenoxy) is 3. The molecule has 41 heavy (non-hydrogen) atoms. The zero-order chi connectivity index (χ0) is 28.3. The molecule has 2 amide bonds. The molecule has 2 atom stereocenters. The summed E-state index contributed by atoms with van der Waals surface area (Å²) in [6.45, 7) is 11.2. The van der Waals surface area contributed by atoms with Crippen LogP contribution in [0.2, 0.25) is 0 Å². The van der Waals surface area contributed by atoms with Crippen LogP contribution in [0.1, 0.15) is 44.7 Å². The highest BCUT2D eigenvalue weighted by Crippen LogP contribution is 2.35. The minimum absolute atomic E-state index is 0. The Morgan fingerprint density at radius 1 is 1.05 bits per heavy atom. The summed E-state index contributed by atoms with van der Waals surface area (Å²) in [5.41, 5.74) is 1.93. The average Bonchev–Trinajstić information content (AvgIpc) is 3.58. The van der Waals surface area contributed by atoms with E-state index in [-0.39, 0.29) is 48.5 Å². The Labute approximate surface area is 249 Å². The summed E-state index contributed by atoms with van der Waals surface area (Å²) in [7, 11) is 1.65. The number of halogens is 1. The second kappa shape index (κ2) is 13.3. The van der Waals surface area contributed by atoms with Gasteiger partial charge >= 0.3 is 0 Å². The summed E-state index contributed by atoms with van der Waals surface area (Å²) >= 11 is 0. The van der Waals surface area contributed by atoms with Crippen molar-refractivity contribution in [2.45, 2.75) is 58.8 Å². The number of hydrogen-bond acceptors (Lipinski definition) is 7. The molecule has 2 saturated heterocycles. The first-order valence-electron chi connectivity index (χ1n) is 14.2. The first-order chi connectivity index (χ1) is 19.2. The number of rotatable bonds is 8. The molecule has 3 aliphatic heterocycles. The molecule has 0 radical (unpaired) electrons. The predicted octanol–water partition coefficient (Wildman–Crippen LogP) is 3.69. The molecule has 2 fully saturated rings. The number of nitrogens with zero attached hydrogens (tertiary/aromatic N) is 3. The topological polar surface area (TPSA) is 83.6 Å². The number of carbonyl (C=O) groups excluding carboxylic acids is 2. The highest BCUT2D eigenvalue weighted by Gasteiger charge is 2.42. The van der Waals surface area contributed by atoms with E-state index in [0.29, 0.717) is 45.6 Å². The molecule has 0 spiro atoms. The van der Waals surface area contributed by atoms with E-state index in [1.807, 2.05) is 52.3 Å². The van der Waals surface area contributed by atoms with E-state index in [9.17, 15) is 9.59 Å². The Balaban J connectivity index is 0.00000387. The quantitative estimate of drug-likeness (QED) is 0.505. The predicted molar refractivity (Wildman–Crippen MR) is 159 cm³/mol. The fourth-order valence-corrected chi connectivity index (χ4v) is 5.85. The Bertz CT molecular complexity index is 1210. The van der Waals surface area contributed by atoms with Crippen LogP contribution >= 0.6 is 12.4 Å². The van der Waals surface area contributed by atoms with E-state index in [4.69, 9.17) is 14.2 Å². The zero-order valence-electron chi connectivity index (χ0n) is 24.6. The van der Waals surface area contributed by atoms with Crippen LogP contribution in [0.5, 0.6) is 17.2 Å². The normalized spacial score (nSPS) is 20.4. The largest absolute Gasteiger partial charge is 0.497 e. The highest BCUT2D eigenvalue weighted by molar-refractivity contribution is 5.85. The molecule has 9 nitrogen and oxygen atoms in total. The van der Waals surface area contributed by atoms with Crippen LogP contribution in [0.15, 0.2) is 42.5 Å². The number of hydrogen-bond donors (Lipinski definition) is 1. The molecule has 3 heterocycles. The highest BCUT2D eigenvalue weighted by atomic mass is 35.5. The third kappa shape index (κ3) is 7.64. The van der Waals surface area contributed by atoms with Gasteiger partial charge in [0.25, 0.3) is 0 Å². The van der Waals surface area contributed by atoms with Gasteiger partial charge < -0.3 is 29.3 Å². The first-order valence-corrected chi connectivity index (χ1v) is 14.2. The second-order valence-corrected chi connectivity index (χ2v) is 12.2. The SMILES string of the molecule is COc1cccc(CN(C(=O)CC(C)(C)C)[C@H]2C[C@@H](C(=O)N3CCNCC3)N(Cc3ccc4c(c3)OCO4)C2)c1.Cl. The lowest BCUT2D eigenvalue weighted by Gasteiger charge is -2.33. The second-order valence-electron chi connectivity index (χ2n) is 12.2. The Morgan fingerprint density at radius 2 is 1.80 bits per heavy atom. The van der Waals surface area contributed by atoms with Crippen molar-refractivity contribution in [3.8, 4) is 17.2 Å². The maximum atomic E-state index is 13.9. The maximum absolute atomic E-state index is 13.9. The van der Waals surface area contributed by atoms with Crippen LogP contribution in [0.25, 0.3) is 0 Å². The molecule has 224 valence electrons. The summed E-state index contributed by atoms with van der Waals surface area (Å²) < 4.78 is 16.6. The van der Waals surface area contributed by atoms with Crippen LogP contribution < -0.4 is 19.5 Å². The van der Waals surface area contributed by atoms with Crippen molar-refractivity contribution in [2.75, 3.05) is 46.6 Å². The smallest absolute Gasteiger partial charge is 0.240 e. The summed E-state index contributed by atoms with van der Waals surface area (Å²) in [5.74, 6) is 2.50. The van der Waals surface area contributed by atoms with Crippen LogP contribution in [0, 0.1) is 5.41 Å². The molecule has 0 saturated carbocycles. The van der Waals surface area contributed by atoms with Gasteiger partial charge in [-0.05, 0) is 47.2 Å². The molecule has 0 aliphatic carbocycles. The van der Waals surface area contributed by atoms with E-state index in [1.54, 1.807) is 7.11 Å². The average molecular weight is 587 g/mol. The van der Waals surface area contributed by atoms with Crippen molar-refractivity contribution in [1.29, 1.82) is 0 Å².